The number of benzene rings is 1. The van der Waals surface area contributed by atoms with Gasteiger partial charge in [-0.05, 0) is 30.7 Å². The minimum absolute atomic E-state index is 0.0141. The highest BCUT2D eigenvalue weighted by atomic mass is 16.4. The van der Waals surface area contributed by atoms with E-state index in [0.717, 1.165) is 16.8 Å². The van der Waals surface area contributed by atoms with E-state index >= 15 is 0 Å². The Morgan fingerprint density at radius 3 is 2.94 bits per heavy atom. The molecule has 0 aliphatic carbocycles. The first kappa shape index (κ1) is 12.6. The van der Waals surface area contributed by atoms with Crippen molar-refractivity contribution in [2.75, 3.05) is 18.9 Å². The van der Waals surface area contributed by atoms with E-state index in [9.17, 15) is 14.7 Å². The minimum atomic E-state index is -0.843. The van der Waals surface area contributed by atoms with E-state index in [1.165, 1.54) is 0 Å². The van der Waals surface area contributed by atoms with Crippen LogP contribution in [0.3, 0.4) is 0 Å². The molecule has 1 aromatic carbocycles. The number of hydrogen-bond acceptors (Lipinski definition) is 3. The number of likely N-dealkylation sites (N-methyl/N-ethyl adjacent to an activating group) is 1. The summed E-state index contributed by atoms with van der Waals surface area (Å²) in [7, 11) is 1.73. The molecule has 1 heterocycles. The highest BCUT2D eigenvalue weighted by molar-refractivity contribution is 5.94. The number of carbonyl (C=O) groups excluding carboxylic acids is 1. The number of rotatable bonds is 4. The number of aryl methyl sites for hydroxylation is 1. The summed E-state index contributed by atoms with van der Waals surface area (Å²) in [6.07, 6.45) is 1.13. The molecular weight excluding hydrogens is 232 g/mol. The zero-order chi connectivity index (χ0) is 13.1. The van der Waals surface area contributed by atoms with Crippen molar-refractivity contribution < 1.29 is 14.7 Å². The summed E-state index contributed by atoms with van der Waals surface area (Å²) in [4.78, 5) is 22.4. The SMILES string of the molecule is CNCC(C(=O)O)c1ccc2c(c1)CCC(=O)N2. The molecule has 18 heavy (non-hydrogen) atoms. The largest absolute Gasteiger partial charge is 0.481 e. The molecule has 1 aromatic rings. The monoisotopic (exact) mass is 248 g/mol. The van der Waals surface area contributed by atoms with Gasteiger partial charge in [-0.15, -0.1) is 0 Å². The number of nitrogens with one attached hydrogen (secondary N) is 2. The van der Waals surface area contributed by atoms with Crippen molar-refractivity contribution in [1.82, 2.24) is 5.32 Å². The summed E-state index contributed by atoms with van der Waals surface area (Å²) in [5.74, 6) is -1.39. The standard InChI is InChI=1S/C13H16N2O3/c1-14-7-10(13(17)18)8-2-4-11-9(6-8)3-5-12(16)15-11/h2,4,6,10,14H,3,5,7H2,1H3,(H,15,16)(H,17,18). The zero-order valence-electron chi connectivity index (χ0n) is 10.2. The number of aliphatic carboxylic acids is 1. The Bertz CT molecular complexity index is 485. The highest BCUT2D eigenvalue weighted by Gasteiger charge is 2.21. The summed E-state index contributed by atoms with van der Waals surface area (Å²) >= 11 is 0. The van der Waals surface area contributed by atoms with Crippen LogP contribution in [0.15, 0.2) is 18.2 Å². The van der Waals surface area contributed by atoms with Crippen LogP contribution in [0.2, 0.25) is 0 Å². The smallest absolute Gasteiger partial charge is 0.312 e. The molecule has 1 amide bonds. The van der Waals surface area contributed by atoms with Crippen LogP contribution in [0.25, 0.3) is 0 Å². The van der Waals surface area contributed by atoms with Crippen molar-refractivity contribution in [2.24, 2.45) is 0 Å². The molecule has 0 radical (unpaired) electrons. The molecule has 1 unspecified atom stereocenters. The van der Waals surface area contributed by atoms with Crippen LogP contribution >= 0.6 is 0 Å². The van der Waals surface area contributed by atoms with Gasteiger partial charge >= 0.3 is 5.97 Å². The first-order valence-corrected chi connectivity index (χ1v) is 5.92. The molecule has 1 atom stereocenters. The topological polar surface area (TPSA) is 78.4 Å². The molecule has 0 spiro atoms. The molecule has 5 nitrogen and oxygen atoms in total. The van der Waals surface area contributed by atoms with Crippen LogP contribution in [-0.4, -0.2) is 30.6 Å². The van der Waals surface area contributed by atoms with Gasteiger partial charge in [-0.25, -0.2) is 0 Å². The third-order valence-corrected chi connectivity index (χ3v) is 3.13. The summed E-state index contributed by atoms with van der Waals surface area (Å²) in [6, 6.07) is 5.43. The minimum Gasteiger partial charge on any atom is -0.481 e. The Morgan fingerprint density at radius 2 is 2.28 bits per heavy atom. The van der Waals surface area contributed by atoms with E-state index in [-0.39, 0.29) is 5.91 Å². The van der Waals surface area contributed by atoms with E-state index in [1.807, 2.05) is 6.07 Å². The predicted octanol–water partition coefficient (Wildman–Crippen LogP) is 0.959. The van der Waals surface area contributed by atoms with Crippen LogP contribution in [-0.2, 0) is 16.0 Å². The quantitative estimate of drug-likeness (QED) is 0.741. The first-order valence-electron chi connectivity index (χ1n) is 5.92. The molecular formula is C13H16N2O3. The second kappa shape index (κ2) is 5.18. The van der Waals surface area contributed by atoms with Crippen molar-refractivity contribution in [3.63, 3.8) is 0 Å². The Hall–Kier alpha value is -1.88. The maximum atomic E-state index is 11.2. The molecule has 1 aliphatic heterocycles. The number of fused-ring (bicyclic) bond motifs is 1. The van der Waals surface area contributed by atoms with Crippen molar-refractivity contribution in [3.05, 3.63) is 29.3 Å². The Balaban J connectivity index is 2.29. The first-order chi connectivity index (χ1) is 8.61. The number of carbonyl (C=O) groups is 2. The Kier molecular flexibility index (Phi) is 3.62. The molecule has 3 N–H and O–H groups in total. The van der Waals surface area contributed by atoms with E-state index in [4.69, 9.17) is 0 Å². The van der Waals surface area contributed by atoms with Crippen LogP contribution in [0, 0.1) is 0 Å². The van der Waals surface area contributed by atoms with E-state index in [0.29, 0.717) is 19.4 Å². The molecule has 0 saturated heterocycles. The lowest BCUT2D eigenvalue weighted by Crippen LogP contribution is -2.25. The van der Waals surface area contributed by atoms with Crippen LogP contribution < -0.4 is 10.6 Å². The number of carboxylic acids is 1. The fourth-order valence-electron chi connectivity index (χ4n) is 2.17. The molecule has 0 aromatic heterocycles. The normalized spacial score (nSPS) is 15.7. The molecule has 96 valence electrons. The molecule has 5 heteroatoms. The average molecular weight is 248 g/mol. The molecule has 0 saturated carbocycles. The van der Waals surface area contributed by atoms with Crippen molar-refractivity contribution >= 4 is 17.6 Å². The predicted molar refractivity (Wildman–Crippen MR) is 67.7 cm³/mol. The van der Waals surface area contributed by atoms with Crippen molar-refractivity contribution in [2.45, 2.75) is 18.8 Å². The maximum absolute atomic E-state index is 11.2. The molecule has 2 rings (SSSR count). The van der Waals surface area contributed by atoms with Crippen LogP contribution in [0.1, 0.15) is 23.5 Å². The number of hydrogen-bond donors (Lipinski definition) is 3. The van der Waals surface area contributed by atoms with Gasteiger partial charge in [-0.2, -0.15) is 0 Å². The van der Waals surface area contributed by atoms with Gasteiger partial charge in [-0.3, -0.25) is 9.59 Å². The summed E-state index contributed by atoms with van der Waals surface area (Å²) in [5, 5.41) is 14.9. The maximum Gasteiger partial charge on any atom is 0.312 e. The third-order valence-electron chi connectivity index (χ3n) is 3.13. The van der Waals surface area contributed by atoms with Gasteiger partial charge in [0.25, 0.3) is 0 Å². The second-order valence-corrected chi connectivity index (χ2v) is 4.41. The van der Waals surface area contributed by atoms with Gasteiger partial charge in [0, 0.05) is 18.7 Å². The van der Waals surface area contributed by atoms with Gasteiger partial charge in [0.2, 0.25) is 5.91 Å². The van der Waals surface area contributed by atoms with E-state index in [1.54, 1.807) is 19.2 Å². The Labute approximate surface area is 105 Å². The van der Waals surface area contributed by atoms with Gasteiger partial charge in [0.15, 0.2) is 0 Å². The second-order valence-electron chi connectivity index (χ2n) is 4.41. The fraction of sp³-hybridized carbons (Fsp3) is 0.385. The van der Waals surface area contributed by atoms with Gasteiger partial charge < -0.3 is 15.7 Å². The number of carboxylic acid groups (broad SMARTS) is 1. The third kappa shape index (κ3) is 2.51. The van der Waals surface area contributed by atoms with Crippen LogP contribution in [0.4, 0.5) is 5.69 Å². The summed E-state index contributed by atoms with van der Waals surface area (Å²) < 4.78 is 0. The van der Waals surface area contributed by atoms with Gasteiger partial charge in [-0.1, -0.05) is 12.1 Å². The fourth-order valence-corrected chi connectivity index (χ4v) is 2.17. The Morgan fingerprint density at radius 1 is 1.50 bits per heavy atom. The number of amides is 1. The average Bonchev–Trinajstić information content (AvgIpc) is 2.35. The number of anilines is 1. The van der Waals surface area contributed by atoms with E-state index < -0.39 is 11.9 Å². The summed E-state index contributed by atoms with van der Waals surface area (Å²) in [5.41, 5.74) is 2.57. The zero-order valence-corrected chi connectivity index (χ0v) is 10.2. The highest BCUT2D eigenvalue weighted by Crippen LogP contribution is 2.26. The van der Waals surface area contributed by atoms with Crippen molar-refractivity contribution in [3.8, 4) is 0 Å². The summed E-state index contributed by atoms with van der Waals surface area (Å²) in [6.45, 7) is 0.389. The van der Waals surface area contributed by atoms with Crippen LogP contribution in [0.5, 0.6) is 0 Å². The lowest BCUT2D eigenvalue weighted by molar-refractivity contribution is -0.138. The molecule has 0 bridgehead atoms. The van der Waals surface area contributed by atoms with Gasteiger partial charge in [0.1, 0.15) is 0 Å². The lowest BCUT2D eigenvalue weighted by Gasteiger charge is -2.19. The van der Waals surface area contributed by atoms with Gasteiger partial charge in [0.05, 0.1) is 5.92 Å². The molecule has 1 aliphatic rings. The van der Waals surface area contributed by atoms with E-state index in [2.05, 4.69) is 10.6 Å². The lowest BCUT2D eigenvalue weighted by atomic mass is 9.93. The molecule has 0 fully saturated rings. The van der Waals surface area contributed by atoms with Crippen molar-refractivity contribution in [1.29, 1.82) is 0 Å².